The molecule has 3 rings (SSSR count). The summed E-state index contributed by atoms with van der Waals surface area (Å²) in [5, 5.41) is 0. The number of hydrogen-bond donors (Lipinski definition) is 0. The molecule has 0 N–H and O–H groups in total. The van der Waals surface area contributed by atoms with E-state index in [1.54, 1.807) is 0 Å². The van der Waals surface area contributed by atoms with E-state index in [-0.39, 0.29) is 11.6 Å². The number of rotatable bonds is 8. The van der Waals surface area contributed by atoms with Gasteiger partial charge in [0.05, 0.1) is 5.48 Å². The monoisotopic (exact) mass is 356 g/mol. The molecule has 0 spiro atoms. The van der Waals surface area contributed by atoms with Crippen molar-refractivity contribution in [3.05, 3.63) is 59.8 Å². The van der Waals surface area contributed by atoms with Gasteiger partial charge in [-0.2, -0.15) is 0 Å². The molecule has 0 nitrogen and oxygen atoms in total. The second kappa shape index (κ2) is 9.90. The summed E-state index contributed by atoms with van der Waals surface area (Å²) < 4.78 is 45.3. The molecule has 1 heteroatoms. The van der Waals surface area contributed by atoms with Gasteiger partial charge < -0.3 is 0 Å². The number of unbranched alkanes of at least 4 members (excludes halogenated alkanes) is 2. The molecule has 1 aliphatic rings. The van der Waals surface area contributed by atoms with Crippen LogP contribution in [0.3, 0.4) is 0 Å². The van der Waals surface area contributed by atoms with Crippen LogP contribution in [0, 0.1) is 17.7 Å². The van der Waals surface area contributed by atoms with Gasteiger partial charge in [0.1, 0.15) is 5.82 Å². The smallest absolute Gasteiger partial charge is 0.123 e. The Balaban J connectivity index is 1.57. The summed E-state index contributed by atoms with van der Waals surface area (Å²) in [5.41, 5.74) is 1.88. The predicted octanol–water partition coefficient (Wildman–Crippen LogP) is 7.81. The molecule has 0 unspecified atom stereocenters. The Morgan fingerprint density at radius 1 is 0.923 bits per heavy atom. The van der Waals surface area contributed by atoms with Gasteiger partial charge in [0.25, 0.3) is 0 Å². The Morgan fingerprint density at radius 2 is 1.62 bits per heavy atom. The maximum absolute atomic E-state index is 14.1. The molecule has 140 valence electrons. The molecule has 2 aromatic rings. The van der Waals surface area contributed by atoms with Crippen LogP contribution in [0.5, 0.6) is 0 Å². The summed E-state index contributed by atoms with van der Waals surface area (Å²) in [5.74, 6) is 0.708. The van der Waals surface area contributed by atoms with Gasteiger partial charge in [-0.05, 0) is 53.5 Å². The Kier molecular flexibility index (Phi) is 5.49. The average Bonchev–Trinajstić information content (AvgIpc) is 2.77. The van der Waals surface area contributed by atoms with Crippen molar-refractivity contribution in [2.75, 3.05) is 0 Å². The van der Waals surface area contributed by atoms with Gasteiger partial charge >= 0.3 is 0 Å². The highest BCUT2D eigenvalue weighted by Crippen LogP contribution is 2.34. The lowest BCUT2D eigenvalue weighted by atomic mass is 9.78. The van der Waals surface area contributed by atoms with Crippen molar-refractivity contribution >= 4 is 0 Å². The Morgan fingerprint density at radius 3 is 2.31 bits per heavy atom. The molecule has 0 amide bonds. The zero-order chi connectivity index (χ0) is 21.7. The third-order valence-corrected chi connectivity index (χ3v) is 5.86. The van der Waals surface area contributed by atoms with E-state index in [0.717, 1.165) is 18.3 Å². The fraction of sp³-hybridized carbons (Fsp3) is 0.520. The van der Waals surface area contributed by atoms with Crippen molar-refractivity contribution in [3.8, 4) is 11.1 Å². The molecule has 0 aromatic heterocycles. The van der Waals surface area contributed by atoms with Gasteiger partial charge in [-0.3, -0.25) is 0 Å². The number of hydrogen-bond acceptors (Lipinski definition) is 0. The van der Waals surface area contributed by atoms with Crippen LogP contribution in [0.25, 0.3) is 11.1 Å². The van der Waals surface area contributed by atoms with E-state index in [9.17, 15) is 4.39 Å². The third-order valence-electron chi connectivity index (χ3n) is 5.86. The fourth-order valence-corrected chi connectivity index (χ4v) is 4.17. The zero-order valence-corrected chi connectivity index (χ0v) is 15.9. The lowest BCUT2D eigenvalue weighted by molar-refractivity contribution is 0.249. The molecule has 0 atom stereocenters. The lowest BCUT2D eigenvalue weighted by Crippen LogP contribution is -2.15. The summed E-state index contributed by atoms with van der Waals surface area (Å²) in [6.45, 7) is 2.26. The summed E-state index contributed by atoms with van der Waals surface area (Å²) in [4.78, 5) is 0. The first-order valence-electron chi connectivity index (χ1n) is 12.3. The largest absolute Gasteiger partial charge is 0.207 e. The van der Waals surface area contributed by atoms with Gasteiger partial charge in [-0.25, -0.2) is 4.39 Å². The van der Waals surface area contributed by atoms with Gasteiger partial charge in [-0.15, -0.1) is 0 Å². The Hall–Kier alpha value is -1.63. The van der Waals surface area contributed by atoms with Crippen molar-refractivity contribution in [1.82, 2.24) is 0 Å². The van der Waals surface area contributed by atoms with E-state index in [1.807, 2.05) is 24.3 Å². The second-order valence-electron chi connectivity index (χ2n) is 7.81. The molecule has 0 radical (unpaired) electrons. The maximum Gasteiger partial charge on any atom is 0.123 e. The molecule has 0 heterocycles. The van der Waals surface area contributed by atoms with Crippen LogP contribution in [0.1, 0.15) is 75.8 Å². The van der Waals surface area contributed by atoms with E-state index in [2.05, 4.69) is 6.92 Å². The van der Waals surface area contributed by atoms with Crippen LogP contribution in [0.4, 0.5) is 4.39 Å². The van der Waals surface area contributed by atoms with Crippen LogP contribution in [-0.4, -0.2) is 0 Å². The lowest BCUT2D eigenvalue weighted by Gasteiger charge is -2.28. The maximum atomic E-state index is 14.1. The first kappa shape index (κ1) is 14.4. The number of benzene rings is 2. The molecule has 2 aromatic carbocycles. The fourth-order valence-electron chi connectivity index (χ4n) is 4.17. The molecular weight excluding hydrogens is 319 g/mol. The van der Waals surface area contributed by atoms with Crippen molar-refractivity contribution in [2.45, 2.75) is 71.1 Å². The van der Waals surface area contributed by atoms with Gasteiger partial charge in [-0.1, -0.05) is 94.6 Å². The van der Waals surface area contributed by atoms with Crippen molar-refractivity contribution in [3.63, 3.8) is 0 Å². The second-order valence-corrected chi connectivity index (χ2v) is 7.81. The standard InChI is InChI=1S/C25H33F/c1-2-3-4-6-20-9-11-21(12-10-20)13-14-22-15-17-23(18-16-22)24-7-5-8-25(26)19-24/h5,7-8,15-21H,2-4,6,9-14H2,1H3/i5D,7D,8D,19D. The summed E-state index contributed by atoms with van der Waals surface area (Å²) in [6, 6.07) is 5.74. The van der Waals surface area contributed by atoms with Crippen LogP contribution < -0.4 is 0 Å². The van der Waals surface area contributed by atoms with Crippen molar-refractivity contribution < 1.29 is 9.87 Å². The van der Waals surface area contributed by atoms with Crippen LogP contribution in [-0.2, 0) is 6.42 Å². The number of aryl methyl sites for hydroxylation is 1. The zero-order valence-electron chi connectivity index (χ0n) is 19.9. The van der Waals surface area contributed by atoms with Gasteiger partial charge in [0, 0.05) is 0 Å². The minimum Gasteiger partial charge on any atom is -0.207 e. The van der Waals surface area contributed by atoms with Crippen molar-refractivity contribution in [2.24, 2.45) is 11.8 Å². The highest BCUT2D eigenvalue weighted by Gasteiger charge is 2.20. The van der Waals surface area contributed by atoms with Crippen LogP contribution in [0.15, 0.2) is 48.4 Å². The Labute approximate surface area is 164 Å². The summed E-state index contributed by atoms with van der Waals surface area (Å²) in [7, 11) is 0. The van der Waals surface area contributed by atoms with E-state index < -0.39 is 23.9 Å². The van der Waals surface area contributed by atoms with Gasteiger partial charge in [0.15, 0.2) is 0 Å². The summed E-state index contributed by atoms with van der Waals surface area (Å²) in [6.07, 6.45) is 13.1. The molecule has 1 fully saturated rings. The first-order valence-corrected chi connectivity index (χ1v) is 10.3. The average molecular weight is 357 g/mol. The third kappa shape index (κ3) is 5.69. The molecule has 1 aliphatic carbocycles. The predicted molar refractivity (Wildman–Crippen MR) is 110 cm³/mol. The van der Waals surface area contributed by atoms with E-state index >= 15 is 0 Å². The molecule has 0 saturated heterocycles. The van der Waals surface area contributed by atoms with E-state index in [4.69, 9.17) is 5.48 Å². The molecule has 26 heavy (non-hydrogen) atoms. The first-order chi connectivity index (χ1) is 14.4. The minimum atomic E-state index is -1.03. The van der Waals surface area contributed by atoms with Crippen LogP contribution >= 0.6 is 0 Å². The molecule has 0 bridgehead atoms. The van der Waals surface area contributed by atoms with Crippen LogP contribution in [0.2, 0.25) is 0 Å². The van der Waals surface area contributed by atoms with Crippen molar-refractivity contribution in [1.29, 1.82) is 0 Å². The number of halogens is 1. The minimum absolute atomic E-state index is 0.0986. The normalized spacial score (nSPS) is 22.4. The van der Waals surface area contributed by atoms with E-state index in [0.29, 0.717) is 5.56 Å². The molecular formula is C25H33F. The van der Waals surface area contributed by atoms with Gasteiger partial charge in [0.2, 0.25) is 0 Å². The SMILES string of the molecule is [2H]c1c([2H])c(F)c([2H])c(-c2ccc(CCC3CCC(CCCCC)CC3)cc2)c1[2H]. The summed E-state index contributed by atoms with van der Waals surface area (Å²) >= 11 is 0. The molecule has 0 aliphatic heterocycles. The highest BCUT2D eigenvalue weighted by molar-refractivity contribution is 5.63. The topological polar surface area (TPSA) is 0 Å². The quantitative estimate of drug-likeness (QED) is 0.423. The highest BCUT2D eigenvalue weighted by atomic mass is 19.1. The van der Waals surface area contributed by atoms with E-state index in [1.165, 1.54) is 63.4 Å². The molecule has 1 saturated carbocycles. The Bertz CT molecular complexity index is 810.